The Balaban J connectivity index is 3.68. The summed E-state index contributed by atoms with van der Waals surface area (Å²) in [6, 6.07) is 0.700. The van der Waals surface area contributed by atoms with E-state index in [-0.39, 0.29) is 17.2 Å². The lowest BCUT2D eigenvalue weighted by atomic mass is 10.1. The number of carbonyl (C=O) groups is 2. The Morgan fingerprint density at radius 3 is 2.09 bits per heavy atom. The number of amides is 2. The van der Waals surface area contributed by atoms with Crippen molar-refractivity contribution in [2.24, 2.45) is 0 Å². The first-order valence-corrected chi connectivity index (χ1v) is 8.00. The van der Waals surface area contributed by atoms with Crippen molar-refractivity contribution in [1.29, 1.82) is 0 Å². The molecule has 1 aromatic carbocycles. The SMILES string of the molecule is CON(C)C(=O)c1cc(NC(C)=O)c(S(F)(F)(F)(F)F)cc1C. The number of hydroxylamine groups is 2. The number of rotatable bonds is 4. The van der Waals surface area contributed by atoms with E-state index in [9.17, 15) is 29.0 Å². The van der Waals surface area contributed by atoms with E-state index < -0.39 is 32.6 Å². The van der Waals surface area contributed by atoms with Gasteiger partial charge >= 0.3 is 10.2 Å². The van der Waals surface area contributed by atoms with Crippen molar-refractivity contribution in [3.05, 3.63) is 23.3 Å². The molecule has 132 valence electrons. The van der Waals surface area contributed by atoms with Crippen LogP contribution in [0.4, 0.5) is 25.1 Å². The molecule has 0 atom stereocenters. The molecule has 0 unspecified atom stereocenters. The lowest BCUT2D eigenvalue weighted by Gasteiger charge is -2.42. The van der Waals surface area contributed by atoms with Crippen molar-refractivity contribution < 1.29 is 33.9 Å². The topological polar surface area (TPSA) is 58.6 Å². The molecule has 0 saturated heterocycles. The summed E-state index contributed by atoms with van der Waals surface area (Å²) >= 11 is 0. The van der Waals surface area contributed by atoms with E-state index in [1.807, 2.05) is 0 Å². The van der Waals surface area contributed by atoms with Gasteiger partial charge in [0.25, 0.3) is 5.91 Å². The van der Waals surface area contributed by atoms with Gasteiger partial charge in [-0.1, -0.05) is 19.4 Å². The van der Waals surface area contributed by atoms with Gasteiger partial charge in [-0.15, -0.1) is 0 Å². The van der Waals surface area contributed by atoms with Crippen LogP contribution in [-0.2, 0) is 9.63 Å². The minimum atomic E-state index is -10.1. The van der Waals surface area contributed by atoms with E-state index in [1.165, 1.54) is 7.05 Å². The van der Waals surface area contributed by atoms with Crippen LogP contribution in [0.15, 0.2) is 17.0 Å². The Kier molecular flexibility index (Phi) is 4.22. The van der Waals surface area contributed by atoms with Crippen LogP contribution in [0.2, 0.25) is 0 Å². The molecule has 1 N–H and O–H groups in total. The number of aryl methyl sites for hydroxylation is 1. The molecule has 0 aromatic heterocycles. The van der Waals surface area contributed by atoms with Gasteiger partial charge in [0.2, 0.25) is 5.91 Å². The molecular weight excluding hydrogens is 347 g/mol. The molecule has 0 aliphatic rings. The molecule has 0 aliphatic heterocycles. The number of anilines is 1. The summed E-state index contributed by atoms with van der Waals surface area (Å²) < 4.78 is 65.6. The fraction of sp³-hybridized carbons (Fsp3) is 0.333. The van der Waals surface area contributed by atoms with E-state index in [1.54, 1.807) is 5.32 Å². The quantitative estimate of drug-likeness (QED) is 0.644. The average Bonchev–Trinajstić information content (AvgIpc) is 2.35. The summed E-state index contributed by atoms with van der Waals surface area (Å²) in [4.78, 5) is 25.4. The van der Waals surface area contributed by atoms with Crippen LogP contribution in [0.25, 0.3) is 0 Å². The second-order valence-corrected chi connectivity index (χ2v) is 7.18. The zero-order valence-corrected chi connectivity index (χ0v) is 13.4. The van der Waals surface area contributed by atoms with Crippen LogP contribution in [0, 0.1) is 6.92 Å². The number of nitrogens with zero attached hydrogens (tertiary/aromatic N) is 1. The molecule has 1 aromatic rings. The maximum atomic E-state index is 13.1. The number of carbonyl (C=O) groups excluding carboxylic acids is 2. The third kappa shape index (κ3) is 4.55. The van der Waals surface area contributed by atoms with Crippen LogP contribution >= 0.6 is 10.2 Å². The molecule has 5 nitrogen and oxygen atoms in total. The van der Waals surface area contributed by atoms with Crippen molar-refractivity contribution >= 4 is 27.7 Å². The number of benzene rings is 1. The summed E-state index contributed by atoms with van der Waals surface area (Å²) in [5.41, 5.74) is -1.84. The number of hydrogen-bond donors (Lipinski definition) is 1. The van der Waals surface area contributed by atoms with Crippen molar-refractivity contribution in [2.45, 2.75) is 18.7 Å². The van der Waals surface area contributed by atoms with E-state index in [0.29, 0.717) is 11.1 Å². The Hall–Kier alpha value is -1.88. The summed E-state index contributed by atoms with van der Waals surface area (Å²) in [5.74, 6) is -1.85. The van der Waals surface area contributed by atoms with E-state index in [4.69, 9.17) is 0 Å². The molecule has 2 amide bonds. The summed E-state index contributed by atoms with van der Waals surface area (Å²) in [5, 5.41) is 2.40. The normalized spacial score (nSPS) is 14.7. The van der Waals surface area contributed by atoms with Crippen LogP contribution < -0.4 is 5.32 Å². The molecule has 0 heterocycles. The summed E-state index contributed by atoms with van der Waals surface area (Å²) in [6.45, 7) is 1.93. The number of hydrogen-bond acceptors (Lipinski definition) is 3. The monoisotopic (exact) mass is 362 g/mol. The fourth-order valence-corrected chi connectivity index (χ4v) is 2.70. The first-order chi connectivity index (χ1) is 10.1. The highest BCUT2D eigenvalue weighted by molar-refractivity contribution is 8.45. The highest BCUT2D eigenvalue weighted by Crippen LogP contribution is 3.02. The molecule has 1 rings (SSSR count). The lowest BCUT2D eigenvalue weighted by Crippen LogP contribution is -2.26. The zero-order valence-electron chi connectivity index (χ0n) is 12.6. The van der Waals surface area contributed by atoms with Gasteiger partial charge in [0.05, 0.1) is 12.8 Å². The molecule has 0 saturated carbocycles. The van der Waals surface area contributed by atoms with Crippen molar-refractivity contribution in [3.8, 4) is 0 Å². The number of halogens is 5. The van der Waals surface area contributed by atoms with Crippen molar-refractivity contribution in [3.63, 3.8) is 0 Å². The minimum Gasteiger partial charge on any atom is -0.325 e. The molecule has 0 radical (unpaired) electrons. The Labute approximate surface area is 129 Å². The molecular formula is C12H15F5N2O3S. The van der Waals surface area contributed by atoms with Gasteiger partial charge < -0.3 is 5.32 Å². The van der Waals surface area contributed by atoms with Crippen LogP contribution in [0.1, 0.15) is 22.8 Å². The summed E-state index contributed by atoms with van der Waals surface area (Å²) in [6.07, 6.45) is 0. The molecule has 11 heteroatoms. The van der Waals surface area contributed by atoms with Gasteiger partial charge in [0, 0.05) is 19.5 Å². The first kappa shape index (κ1) is 19.2. The molecule has 0 fully saturated rings. The molecule has 0 aliphatic carbocycles. The van der Waals surface area contributed by atoms with Gasteiger partial charge in [-0.3, -0.25) is 14.4 Å². The smallest absolute Gasteiger partial charge is 0.312 e. The highest BCUT2D eigenvalue weighted by atomic mass is 32.5. The van der Waals surface area contributed by atoms with Gasteiger partial charge in [0.15, 0.2) is 0 Å². The Morgan fingerprint density at radius 1 is 1.17 bits per heavy atom. The van der Waals surface area contributed by atoms with Crippen LogP contribution in [0.3, 0.4) is 0 Å². The fourth-order valence-electron chi connectivity index (χ4n) is 1.77. The zero-order chi connectivity index (χ0) is 18.3. The molecule has 23 heavy (non-hydrogen) atoms. The maximum absolute atomic E-state index is 13.1. The number of nitrogens with one attached hydrogen (secondary N) is 1. The third-order valence-corrected chi connectivity index (χ3v) is 4.01. The van der Waals surface area contributed by atoms with Gasteiger partial charge in [0.1, 0.15) is 4.90 Å². The highest BCUT2D eigenvalue weighted by Gasteiger charge is 2.67. The van der Waals surface area contributed by atoms with Gasteiger partial charge in [-0.25, -0.2) is 5.06 Å². The predicted molar refractivity (Wildman–Crippen MR) is 76.0 cm³/mol. The van der Waals surface area contributed by atoms with E-state index in [0.717, 1.165) is 21.0 Å². The standard InChI is InChI=1S/C12H15F5N2O3S/c1-7-5-11(23(13,14,15,16)17)10(18-8(2)20)6-9(7)12(21)19(3)22-4/h5-6H,1-4H3,(H,18,20). The molecule has 0 spiro atoms. The largest absolute Gasteiger partial charge is 0.325 e. The van der Waals surface area contributed by atoms with Crippen LogP contribution in [0.5, 0.6) is 0 Å². The third-order valence-electron chi connectivity index (χ3n) is 2.84. The van der Waals surface area contributed by atoms with Gasteiger partial charge in [-0.2, -0.15) is 0 Å². The average molecular weight is 362 g/mol. The predicted octanol–water partition coefficient (Wildman–Crippen LogP) is 4.24. The lowest BCUT2D eigenvalue weighted by molar-refractivity contribution is -0.114. The van der Waals surface area contributed by atoms with E-state index >= 15 is 0 Å². The van der Waals surface area contributed by atoms with Gasteiger partial charge in [-0.05, 0) is 24.6 Å². The maximum Gasteiger partial charge on any atom is 0.312 e. The van der Waals surface area contributed by atoms with Crippen molar-refractivity contribution in [1.82, 2.24) is 5.06 Å². The Bertz CT molecular complexity index is 675. The summed E-state index contributed by atoms with van der Waals surface area (Å²) in [7, 11) is -7.72. The first-order valence-electron chi connectivity index (χ1n) is 6.05. The second-order valence-electron chi connectivity index (χ2n) is 4.80. The second kappa shape index (κ2) is 5.06. The van der Waals surface area contributed by atoms with Crippen molar-refractivity contribution in [2.75, 3.05) is 19.5 Å². The minimum absolute atomic E-state index is 0.142. The van der Waals surface area contributed by atoms with E-state index in [2.05, 4.69) is 4.84 Å². The van der Waals surface area contributed by atoms with Crippen LogP contribution in [-0.4, -0.2) is 31.0 Å². The Morgan fingerprint density at radius 2 is 1.70 bits per heavy atom. The molecule has 0 bridgehead atoms.